The highest BCUT2D eigenvalue weighted by Crippen LogP contribution is 2.37. The largest absolute Gasteiger partial charge is 0.354 e. The molecular weight excluding hydrogens is 390 g/mol. The lowest BCUT2D eigenvalue weighted by atomic mass is 9.89. The minimum atomic E-state index is -0.899. The van der Waals surface area contributed by atoms with E-state index in [0.717, 1.165) is 11.4 Å². The Morgan fingerprint density at radius 1 is 1.17 bits per heavy atom. The molecule has 1 aromatic carbocycles. The van der Waals surface area contributed by atoms with Crippen LogP contribution in [0.5, 0.6) is 0 Å². The van der Waals surface area contributed by atoms with Crippen molar-refractivity contribution >= 4 is 29.2 Å². The summed E-state index contributed by atoms with van der Waals surface area (Å²) in [5.74, 6) is 0.751. The van der Waals surface area contributed by atoms with E-state index in [2.05, 4.69) is 14.9 Å². The molecule has 0 bridgehead atoms. The van der Waals surface area contributed by atoms with Crippen LogP contribution >= 0.6 is 11.6 Å². The summed E-state index contributed by atoms with van der Waals surface area (Å²) in [6.45, 7) is 5.46. The number of hydrogen-bond donors (Lipinski definition) is 0. The Morgan fingerprint density at radius 3 is 2.59 bits per heavy atom. The first-order valence-corrected chi connectivity index (χ1v) is 10.2. The first kappa shape index (κ1) is 19.6. The Kier molecular flexibility index (Phi) is 5.17. The number of anilines is 1. The normalized spacial score (nSPS) is 22.3. The smallest absolute Gasteiger partial charge is 0.251 e. The average Bonchev–Trinajstić information content (AvgIpc) is 3.16. The molecule has 0 N–H and O–H groups in total. The van der Waals surface area contributed by atoms with Gasteiger partial charge in [0, 0.05) is 30.4 Å². The Bertz CT molecular complexity index is 905. The van der Waals surface area contributed by atoms with Crippen LogP contribution in [0.25, 0.3) is 0 Å². The van der Waals surface area contributed by atoms with E-state index in [1.165, 1.54) is 6.33 Å². The van der Waals surface area contributed by atoms with Gasteiger partial charge in [-0.2, -0.15) is 0 Å². The fourth-order valence-corrected chi connectivity index (χ4v) is 4.33. The van der Waals surface area contributed by atoms with Gasteiger partial charge >= 0.3 is 0 Å². The van der Waals surface area contributed by atoms with E-state index >= 15 is 0 Å². The monoisotopic (exact) mass is 413 g/mol. The van der Waals surface area contributed by atoms with Gasteiger partial charge in [-0.25, -0.2) is 9.97 Å². The second-order valence-corrected chi connectivity index (χ2v) is 8.34. The minimum Gasteiger partial charge on any atom is -0.354 e. The van der Waals surface area contributed by atoms with Gasteiger partial charge in [-0.1, -0.05) is 23.7 Å². The van der Waals surface area contributed by atoms with Crippen molar-refractivity contribution in [2.24, 2.45) is 0 Å². The van der Waals surface area contributed by atoms with Crippen LogP contribution in [-0.4, -0.2) is 62.8 Å². The van der Waals surface area contributed by atoms with Crippen molar-refractivity contribution in [3.05, 3.63) is 53.4 Å². The molecule has 0 radical (unpaired) electrons. The van der Waals surface area contributed by atoms with Crippen LogP contribution in [0.2, 0.25) is 5.02 Å². The van der Waals surface area contributed by atoms with Crippen molar-refractivity contribution < 1.29 is 9.59 Å². The molecule has 2 aliphatic rings. The van der Waals surface area contributed by atoms with Crippen LogP contribution in [0, 0.1) is 0 Å². The maximum absolute atomic E-state index is 13.6. The molecule has 2 aliphatic heterocycles. The molecule has 0 unspecified atom stereocenters. The Hall–Kier alpha value is -2.67. The predicted octanol–water partition coefficient (Wildman–Crippen LogP) is 2.36. The SMILES string of the molecule is CC(C)N1CC(=O)N(Cc2ccc(Cl)cc2)[C@@]2(CCN(c3ccncn3)C2)C1=O. The molecule has 2 saturated heterocycles. The number of hydrogen-bond acceptors (Lipinski definition) is 5. The Morgan fingerprint density at radius 2 is 1.93 bits per heavy atom. The van der Waals surface area contributed by atoms with Gasteiger partial charge in [0.2, 0.25) is 5.91 Å². The van der Waals surface area contributed by atoms with E-state index in [0.29, 0.717) is 31.1 Å². The molecule has 3 heterocycles. The molecular formula is C21H24ClN5O2. The first-order valence-electron chi connectivity index (χ1n) is 9.78. The highest BCUT2D eigenvalue weighted by atomic mass is 35.5. The highest BCUT2D eigenvalue weighted by Gasteiger charge is 2.56. The molecule has 152 valence electrons. The number of benzene rings is 1. The maximum atomic E-state index is 13.6. The zero-order valence-corrected chi connectivity index (χ0v) is 17.3. The molecule has 29 heavy (non-hydrogen) atoms. The molecule has 0 aliphatic carbocycles. The van der Waals surface area contributed by atoms with Crippen LogP contribution in [0.3, 0.4) is 0 Å². The van der Waals surface area contributed by atoms with Crippen LogP contribution in [-0.2, 0) is 16.1 Å². The summed E-state index contributed by atoms with van der Waals surface area (Å²) < 4.78 is 0. The number of carbonyl (C=O) groups excluding carboxylic acids is 2. The van der Waals surface area contributed by atoms with E-state index in [1.54, 1.807) is 16.0 Å². The summed E-state index contributed by atoms with van der Waals surface area (Å²) in [5.41, 5.74) is 0.0536. The minimum absolute atomic E-state index is 0.0117. The fraction of sp³-hybridized carbons (Fsp3) is 0.429. The summed E-state index contributed by atoms with van der Waals surface area (Å²) in [6.07, 6.45) is 3.76. The van der Waals surface area contributed by atoms with E-state index in [1.807, 2.05) is 44.2 Å². The molecule has 1 aromatic heterocycles. The predicted molar refractivity (Wildman–Crippen MR) is 110 cm³/mol. The summed E-state index contributed by atoms with van der Waals surface area (Å²) in [4.78, 5) is 40.6. The topological polar surface area (TPSA) is 69.6 Å². The number of amides is 2. The summed E-state index contributed by atoms with van der Waals surface area (Å²) in [5, 5.41) is 0.645. The quantitative estimate of drug-likeness (QED) is 0.769. The van der Waals surface area contributed by atoms with Crippen molar-refractivity contribution in [3.63, 3.8) is 0 Å². The van der Waals surface area contributed by atoms with Gasteiger partial charge in [0.05, 0.1) is 6.54 Å². The number of aromatic nitrogens is 2. The number of halogens is 1. The molecule has 2 aromatic rings. The van der Waals surface area contributed by atoms with Crippen LogP contribution in [0.1, 0.15) is 25.8 Å². The molecule has 0 saturated carbocycles. The fourth-order valence-electron chi connectivity index (χ4n) is 4.21. The van der Waals surface area contributed by atoms with Crippen molar-refractivity contribution in [2.45, 2.75) is 38.4 Å². The molecule has 1 spiro atoms. The molecule has 2 fully saturated rings. The maximum Gasteiger partial charge on any atom is 0.251 e. The van der Waals surface area contributed by atoms with Crippen molar-refractivity contribution in [2.75, 3.05) is 24.5 Å². The first-order chi connectivity index (χ1) is 13.9. The standard InChI is InChI=1S/C21H24ClN5O2/c1-15(2)26-12-19(28)27(11-16-3-5-17(22)6-4-16)21(20(26)29)8-10-25(13-21)18-7-9-23-14-24-18/h3-7,9,14-15H,8,10-13H2,1-2H3/t21-/m1/s1. The van der Waals surface area contributed by atoms with Crippen LogP contribution in [0.4, 0.5) is 5.82 Å². The summed E-state index contributed by atoms with van der Waals surface area (Å²) in [7, 11) is 0. The van der Waals surface area contributed by atoms with Gasteiger partial charge < -0.3 is 14.7 Å². The number of piperazine rings is 1. The molecule has 4 rings (SSSR count). The molecule has 1 atom stereocenters. The number of rotatable bonds is 4. The van der Waals surface area contributed by atoms with Crippen LogP contribution in [0.15, 0.2) is 42.9 Å². The lowest BCUT2D eigenvalue weighted by molar-refractivity contribution is -0.166. The zero-order valence-electron chi connectivity index (χ0n) is 16.6. The Balaban J connectivity index is 1.69. The third kappa shape index (κ3) is 3.55. The third-order valence-electron chi connectivity index (χ3n) is 5.80. The number of carbonyl (C=O) groups is 2. The van der Waals surface area contributed by atoms with E-state index in [4.69, 9.17) is 11.6 Å². The van der Waals surface area contributed by atoms with Crippen LogP contribution < -0.4 is 4.90 Å². The van der Waals surface area contributed by atoms with E-state index in [9.17, 15) is 9.59 Å². The average molecular weight is 414 g/mol. The van der Waals surface area contributed by atoms with Crippen molar-refractivity contribution in [1.29, 1.82) is 0 Å². The molecule has 2 amide bonds. The van der Waals surface area contributed by atoms with E-state index < -0.39 is 5.54 Å². The van der Waals surface area contributed by atoms with Gasteiger partial charge in [0.1, 0.15) is 24.2 Å². The van der Waals surface area contributed by atoms with Crippen molar-refractivity contribution in [1.82, 2.24) is 19.8 Å². The second kappa shape index (κ2) is 7.63. The van der Waals surface area contributed by atoms with E-state index in [-0.39, 0.29) is 24.4 Å². The molecule has 8 heteroatoms. The summed E-state index contributed by atoms with van der Waals surface area (Å²) >= 11 is 6.01. The van der Waals surface area contributed by atoms with Gasteiger partial charge in [-0.3, -0.25) is 9.59 Å². The zero-order chi connectivity index (χ0) is 20.6. The van der Waals surface area contributed by atoms with Crippen molar-refractivity contribution in [3.8, 4) is 0 Å². The highest BCUT2D eigenvalue weighted by molar-refractivity contribution is 6.30. The lowest BCUT2D eigenvalue weighted by Crippen LogP contribution is -2.69. The third-order valence-corrected chi connectivity index (χ3v) is 6.05. The van der Waals surface area contributed by atoms with Gasteiger partial charge in [-0.05, 0) is 44.0 Å². The Labute approximate surface area is 175 Å². The number of nitrogens with zero attached hydrogens (tertiary/aromatic N) is 5. The summed E-state index contributed by atoms with van der Waals surface area (Å²) in [6, 6.07) is 9.22. The van der Waals surface area contributed by atoms with Gasteiger partial charge in [0.25, 0.3) is 5.91 Å². The second-order valence-electron chi connectivity index (χ2n) is 7.90. The molecule has 7 nitrogen and oxygen atoms in total. The van der Waals surface area contributed by atoms with Gasteiger partial charge in [0.15, 0.2) is 0 Å². The van der Waals surface area contributed by atoms with Gasteiger partial charge in [-0.15, -0.1) is 0 Å². The lowest BCUT2D eigenvalue weighted by Gasteiger charge is -2.48.